The van der Waals surface area contributed by atoms with Gasteiger partial charge >= 0.3 is 0 Å². The molecule has 0 bridgehead atoms. The Hall–Kier alpha value is 0.210. The van der Waals surface area contributed by atoms with Crippen LogP contribution in [0.25, 0.3) is 0 Å². The quantitative estimate of drug-likeness (QED) is 0.738. The lowest BCUT2D eigenvalue weighted by Crippen LogP contribution is -2.33. The molecule has 0 aromatic carbocycles. The average Bonchev–Trinajstić information content (AvgIpc) is 2.91. The predicted molar refractivity (Wildman–Crippen MR) is 72.7 cm³/mol. The number of ether oxygens (including phenoxy) is 1. The molecule has 1 aliphatic carbocycles. The van der Waals surface area contributed by atoms with Crippen LogP contribution in [0.5, 0.6) is 0 Å². The van der Waals surface area contributed by atoms with Crippen LogP contribution in [0, 0.1) is 0 Å². The van der Waals surface area contributed by atoms with Gasteiger partial charge in [0.05, 0.1) is 11.7 Å². The second-order valence-corrected chi connectivity index (χ2v) is 6.33. The number of halogens is 1. The van der Waals surface area contributed by atoms with E-state index in [0.717, 1.165) is 19.5 Å². The van der Waals surface area contributed by atoms with Crippen molar-refractivity contribution in [2.75, 3.05) is 13.1 Å². The number of nitrogens with one attached hydrogen (secondary N) is 1. The molecule has 0 radical (unpaired) electrons. The van der Waals surface area contributed by atoms with E-state index in [1.165, 1.54) is 44.9 Å². The van der Waals surface area contributed by atoms with Gasteiger partial charge < -0.3 is 10.1 Å². The largest absolute Gasteiger partial charge is 0.370 e. The minimum Gasteiger partial charge on any atom is -0.370 e. The van der Waals surface area contributed by atoms with E-state index in [-0.39, 0.29) is 11.0 Å². The summed E-state index contributed by atoms with van der Waals surface area (Å²) >= 11 is 6.18. The van der Waals surface area contributed by atoms with E-state index >= 15 is 0 Å². The summed E-state index contributed by atoms with van der Waals surface area (Å²) in [7, 11) is 0. The summed E-state index contributed by atoms with van der Waals surface area (Å²) in [6.45, 7) is 4.08. The summed E-state index contributed by atoms with van der Waals surface area (Å²) in [6, 6.07) is 0. The average molecular weight is 260 g/mol. The smallest absolute Gasteiger partial charge is 0.0708 e. The number of alkyl halides is 1. The second-order valence-electron chi connectivity index (χ2n) is 5.71. The Kier molecular flexibility index (Phi) is 5.13. The van der Waals surface area contributed by atoms with Gasteiger partial charge in [0.1, 0.15) is 0 Å². The highest BCUT2D eigenvalue weighted by atomic mass is 35.5. The van der Waals surface area contributed by atoms with Crippen molar-refractivity contribution in [1.29, 1.82) is 0 Å². The molecule has 0 aromatic heterocycles. The Balaban J connectivity index is 1.61. The maximum absolute atomic E-state index is 6.25. The third kappa shape index (κ3) is 3.84. The lowest BCUT2D eigenvalue weighted by atomic mass is 9.98. The molecule has 2 fully saturated rings. The topological polar surface area (TPSA) is 21.3 Å². The number of hydrogen-bond acceptors (Lipinski definition) is 2. The first kappa shape index (κ1) is 13.6. The van der Waals surface area contributed by atoms with E-state index in [0.29, 0.717) is 6.10 Å². The number of rotatable bonds is 6. The Labute approximate surface area is 110 Å². The van der Waals surface area contributed by atoms with Gasteiger partial charge in [0.2, 0.25) is 0 Å². The molecule has 100 valence electrons. The summed E-state index contributed by atoms with van der Waals surface area (Å²) in [5.74, 6) is 0. The van der Waals surface area contributed by atoms with Gasteiger partial charge in [-0.2, -0.15) is 0 Å². The maximum atomic E-state index is 6.25. The van der Waals surface area contributed by atoms with Crippen LogP contribution >= 0.6 is 11.6 Å². The van der Waals surface area contributed by atoms with Crippen LogP contribution < -0.4 is 5.32 Å². The lowest BCUT2D eigenvalue weighted by Gasteiger charge is -2.24. The van der Waals surface area contributed by atoms with E-state index in [2.05, 4.69) is 12.2 Å². The van der Waals surface area contributed by atoms with E-state index in [1.807, 2.05) is 0 Å². The van der Waals surface area contributed by atoms with E-state index in [4.69, 9.17) is 16.3 Å². The first-order valence-electron chi connectivity index (χ1n) is 7.27. The molecule has 2 aliphatic rings. The van der Waals surface area contributed by atoms with Crippen molar-refractivity contribution in [2.45, 2.75) is 75.4 Å². The van der Waals surface area contributed by atoms with Gasteiger partial charge in [-0.1, -0.05) is 26.2 Å². The molecule has 1 N–H and O–H groups in total. The molecular formula is C14H26ClNO. The van der Waals surface area contributed by atoms with Gasteiger partial charge in [0, 0.05) is 18.5 Å². The summed E-state index contributed by atoms with van der Waals surface area (Å²) in [5, 5.41) is 3.74. The van der Waals surface area contributed by atoms with Gasteiger partial charge in [-0.25, -0.2) is 0 Å². The van der Waals surface area contributed by atoms with Crippen molar-refractivity contribution in [3.8, 4) is 0 Å². The summed E-state index contributed by atoms with van der Waals surface area (Å²) < 4.78 is 6.25. The fourth-order valence-corrected chi connectivity index (χ4v) is 3.57. The Morgan fingerprint density at radius 1 is 1.35 bits per heavy atom. The van der Waals surface area contributed by atoms with Crippen molar-refractivity contribution in [3.63, 3.8) is 0 Å². The van der Waals surface area contributed by atoms with Crippen LogP contribution in [-0.4, -0.2) is 30.2 Å². The Morgan fingerprint density at radius 3 is 2.82 bits per heavy atom. The molecule has 1 aliphatic heterocycles. The van der Waals surface area contributed by atoms with Gasteiger partial charge in [-0.05, 0) is 32.1 Å². The minimum atomic E-state index is 0.274. The van der Waals surface area contributed by atoms with Crippen molar-refractivity contribution < 1.29 is 4.74 Å². The molecule has 1 saturated heterocycles. The zero-order chi connectivity index (χ0) is 12.1. The third-order valence-corrected chi connectivity index (χ3v) is 4.57. The van der Waals surface area contributed by atoms with Crippen molar-refractivity contribution in [3.05, 3.63) is 0 Å². The van der Waals surface area contributed by atoms with Gasteiger partial charge in [-0.15, -0.1) is 11.6 Å². The zero-order valence-corrected chi connectivity index (χ0v) is 11.8. The van der Waals surface area contributed by atoms with Crippen molar-refractivity contribution >= 4 is 11.6 Å². The lowest BCUT2D eigenvalue weighted by molar-refractivity contribution is -0.0350. The van der Waals surface area contributed by atoms with Crippen LogP contribution in [0.2, 0.25) is 0 Å². The molecular weight excluding hydrogens is 234 g/mol. The van der Waals surface area contributed by atoms with E-state index < -0.39 is 0 Å². The monoisotopic (exact) mass is 259 g/mol. The number of hydrogen-bond donors (Lipinski definition) is 1. The first-order chi connectivity index (χ1) is 8.24. The SMILES string of the molecule is CCCC(Cl)CNCC1CCC2(CCCC2)O1. The highest BCUT2D eigenvalue weighted by molar-refractivity contribution is 6.20. The fraction of sp³-hybridized carbons (Fsp3) is 1.00. The second kappa shape index (κ2) is 6.40. The van der Waals surface area contributed by atoms with Crippen LogP contribution in [-0.2, 0) is 4.74 Å². The molecule has 3 heteroatoms. The van der Waals surface area contributed by atoms with Crippen LogP contribution in [0.1, 0.15) is 58.3 Å². The molecule has 2 nitrogen and oxygen atoms in total. The summed E-state index contributed by atoms with van der Waals surface area (Å²) in [6.07, 6.45) is 10.5. The highest BCUT2D eigenvalue weighted by Crippen LogP contribution is 2.43. The van der Waals surface area contributed by atoms with E-state index in [1.54, 1.807) is 0 Å². The third-order valence-electron chi connectivity index (χ3n) is 4.19. The molecule has 2 rings (SSSR count). The molecule has 1 saturated carbocycles. The van der Waals surface area contributed by atoms with Crippen LogP contribution in [0.15, 0.2) is 0 Å². The molecule has 1 heterocycles. The molecule has 2 atom stereocenters. The van der Waals surface area contributed by atoms with Gasteiger partial charge in [-0.3, -0.25) is 0 Å². The Morgan fingerprint density at radius 2 is 2.12 bits per heavy atom. The van der Waals surface area contributed by atoms with Crippen LogP contribution in [0.3, 0.4) is 0 Å². The molecule has 1 spiro atoms. The van der Waals surface area contributed by atoms with Gasteiger partial charge in [0.25, 0.3) is 0 Å². The molecule has 0 amide bonds. The van der Waals surface area contributed by atoms with E-state index in [9.17, 15) is 0 Å². The standard InChI is InChI=1S/C14H26ClNO/c1-2-5-12(15)10-16-11-13-6-9-14(17-13)7-3-4-8-14/h12-13,16H,2-11H2,1H3. The first-order valence-corrected chi connectivity index (χ1v) is 7.70. The molecule has 0 aromatic rings. The van der Waals surface area contributed by atoms with Crippen LogP contribution in [0.4, 0.5) is 0 Å². The zero-order valence-electron chi connectivity index (χ0n) is 11.0. The van der Waals surface area contributed by atoms with Gasteiger partial charge in [0.15, 0.2) is 0 Å². The normalized spacial score (nSPS) is 28.9. The maximum Gasteiger partial charge on any atom is 0.0708 e. The highest BCUT2D eigenvalue weighted by Gasteiger charge is 2.41. The fourth-order valence-electron chi connectivity index (χ4n) is 3.24. The molecule has 17 heavy (non-hydrogen) atoms. The predicted octanol–water partition coefficient (Wildman–Crippen LogP) is 3.48. The minimum absolute atomic E-state index is 0.274. The summed E-state index contributed by atoms with van der Waals surface area (Å²) in [5.41, 5.74) is 0.274. The molecule has 2 unspecified atom stereocenters. The van der Waals surface area contributed by atoms with Crippen molar-refractivity contribution in [1.82, 2.24) is 5.32 Å². The Bertz CT molecular complexity index is 228. The summed E-state index contributed by atoms with van der Waals surface area (Å²) in [4.78, 5) is 0. The van der Waals surface area contributed by atoms with Crippen molar-refractivity contribution in [2.24, 2.45) is 0 Å².